The number of aromatic nitrogens is 1. The fraction of sp³-hybridized carbons (Fsp3) is 0.700. The van der Waals surface area contributed by atoms with Gasteiger partial charge in [-0.3, -0.25) is 14.9 Å². The molecule has 17 nitrogen and oxygen atoms in total. The quantitative estimate of drug-likeness (QED) is 0.0570. The molecule has 0 aromatic carbocycles. The minimum Gasteiger partial charge on any atom is -0.457 e. The second-order valence-corrected chi connectivity index (χ2v) is 15.3. The molecule has 48 heavy (non-hydrogen) atoms. The maximum Gasteiger partial charge on any atom is 0.413 e. The number of oxime groups is 1. The Kier molecular flexibility index (Phi) is 13.3. The average Bonchev–Trinajstić information content (AvgIpc) is 3.34. The van der Waals surface area contributed by atoms with Crippen molar-refractivity contribution in [1.82, 2.24) is 26.3 Å². The Labute approximate surface area is 284 Å². The number of anilines is 1. The van der Waals surface area contributed by atoms with Crippen LogP contribution in [0.15, 0.2) is 10.5 Å². The highest BCUT2D eigenvalue weighted by Gasteiger charge is 2.41. The predicted octanol–water partition coefficient (Wildman–Crippen LogP) is 1.79. The summed E-state index contributed by atoms with van der Waals surface area (Å²) in [5, 5.41) is 28.9. The van der Waals surface area contributed by atoms with E-state index in [2.05, 4.69) is 36.7 Å². The molecule has 18 heteroatoms. The van der Waals surface area contributed by atoms with Crippen molar-refractivity contribution in [3.63, 3.8) is 0 Å². The summed E-state index contributed by atoms with van der Waals surface area (Å²) in [6.45, 7) is 18.3. The van der Waals surface area contributed by atoms with Gasteiger partial charge in [-0.2, -0.15) is 0 Å². The molecule has 2 rings (SSSR count). The lowest BCUT2D eigenvalue weighted by atomic mass is 9.98. The Bertz CT molecular complexity index is 1360. The maximum absolute atomic E-state index is 13.5. The average molecular weight is 700 g/mol. The van der Waals surface area contributed by atoms with E-state index in [0.29, 0.717) is 0 Å². The molecule has 1 aliphatic rings. The van der Waals surface area contributed by atoms with Crippen LogP contribution in [-0.4, -0.2) is 106 Å². The van der Waals surface area contributed by atoms with E-state index in [4.69, 9.17) is 19.0 Å². The molecule has 0 bridgehead atoms. The zero-order valence-electron chi connectivity index (χ0n) is 29.4. The molecule has 1 saturated heterocycles. The molecule has 0 radical (unpaired) electrons. The van der Waals surface area contributed by atoms with Gasteiger partial charge in [0.1, 0.15) is 28.5 Å². The third-order valence-electron chi connectivity index (χ3n) is 5.75. The lowest BCUT2D eigenvalue weighted by Gasteiger charge is -2.37. The van der Waals surface area contributed by atoms with Gasteiger partial charge in [0.15, 0.2) is 10.8 Å². The molecule has 0 spiro atoms. The number of ether oxygens (including phenoxy) is 3. The van der Waals surface area contributed by atoms with Gasteiger partial charge in [-0.25, -0.2) is 19.4 Å². The first kappa shape index (κ1) is 40.1. The zero-order valence-corrected chi connectivity index (χ0v) is 30.2. The monoisotopic (exact) mass is 699 g/mol. The molecule has 0 aliphatic carbocycles. The molecule has 2 heterocycles. The van der Waals surface area contributed by atoms with Crippen LogP contribution in [0.1, 0.15) is 81.9 Å². The smallest absolute Gasteiger partial charge is 0.413 e. The van der Waals surface area contributed by atoms with Crippen LogP contribution in [0.25, 0.3) is 0 Å². The Hall–Kier alpha value is -4.03. The van der Waals surface area contributed by atoms with Gasteiger partial charge in [0.05, 0.1) is 12.1 Å². The highest BCUT2D eigenvalue weighted by atomic mass is 32.1. The molecular weight excluding hydrogens is 650 g/mol. The number of alkyl carbamates (subject to hydrolysis) is 1. The SMILES string of the molecule is CC(C)(C)OC(=O)NC[C@H](O)CNC[C@H]1NC(=O)[C@H]1NC(=O)/C(=N/OC(C)(C)C(=O)OC(C)(C)C)c1csc(NC(=O)OC(C)(C)C)n1. The van der Waals surface area contributed by atoms with Crippen LogP contribution in [0.2, 0.25) is 0 Å². The highest BCUT2D eigenvalue weighted by Crippen LogP contribution is 2.21. The molecule has 1 aromatic heterocycles. The van der Waals surface area contributed by atoms with Gasteiger partial charge in [-0.1, -0.05) is 5.16 Å². The van der Waals surface area contributed by atoms with Gasteiger partial charge < -0.3 is 45.4 Å². The van der Waals surface area contributed by atoms with Crippen molar-refractivity contribution in [2.75, 3.05) is 25.0 Å². The number of amides is 4. The van der Waals surface area contributed by atoms with Crippen LogP contribution in [0.5, 0.6) is 0 Å². The number of β-lactam (4-membered cyclic amide) rings is 1. The van der Waals surface area contributed by atoms with Crippen LogP contribution in [0, 0.1) is 0 Å². The normalized spacial score (nSPS) is 17.7. The Morgan fingerprint density at radius 3 is 2.08 bits per heavy atom. The molecule has 4 amide bonds. The summed E-state index contributed by atoms with van der Waals surface area (Å²) >= 11 is 0.981. The summed E-state index contributed by atoms with van der Waals surface area (Å²) < 4.78 is 15.8. The fourth-order valence-corrected chi connectivity index (χ4v) is 4.29. The summed E-state index contributed by atoms with van der Waals surface area (Å²) in [5.41, 5.74) is -4.27. The molecule has 3 atom stereocenters. The molecule has 1 aliphatic heterocycles. The van der Waals surface area contributed by atoms with Crippen molar-refractivity contribution in [3.8, 4) is 0 Å². The van der Waals surface area contributed by atoms with E-state index < -0.39 is 70.6 Å². The third-order valence-corrected chi connectivity index (χ3v) is 6.51. The number of aliphatic hydroxyl groups excluding tert-OH is 1. The van der Waals surface area contributed by atoms with E-state index in [9.17, 15) is 29.1 Å². The number of rotatable bonds is 13. The van der Waals surface area contributed by atoms with Crippen LogP contribution < -0.4 is 26.6 Å². The van der Waals surface area contributed by atoms with E-state index in [1.165, 1.54) is 19.2 Å². The van der Waals surface area contributed by atoms with Crippen LogP contribution in [0.4, 0.5) is 14.7 Å². The second kappa shape index (κ2) is 15.9. The van der Waals surface area contributed by atoms with E-state index in [1.54, 1.807) is 62.3 Å². The van der Waals surface area contributed by atoms with E-state index in [1.807, 2.05) is 0 Å². The lowest BCUT2D eigenvalue weighted by Crippen LogP contribution is -2.72. The summed E-state index contributed by atoms with van der Waals surface area (Å²) in [4.78, 5) is 72.5. The minimum atomic E-state index is -1.62. The lowest BCUT2D eigenvalue weighted by molar-refractivity contribution is -0.179. The number of esters is 1. The number of nitrogens with zero attached hydrogens (tertiary/aromatic N) is 2. The Balaban J connectivity index is 2.14. The first-order valence-corrected chi connectivity index (χ1v) is 16.2. The maximum atomic E-state index is 13.5. The first-order chi connectivity index (χ1) is 21.8. The van der Waals surface area contributed by atoms with Crippen molar-refractivity contribution in [2.24, 2.45) is 5.16 Å². The summed E-state index contributed by atoms with van der Waals surface area (Å²) in [6, 6.07) is -1.56. The van der Waals surface area contributed by atoms with Crippen molar-refractivity contribution in [1.29, 1.82) is 0 Å². The fourth-order valence-electron chi connectivity index (χ4n) is 3.61. The zero-order chi connectivity index (χ0) is 36.7. The molecule has 1 aromatic rings. The number of carbonyl (C=O) groups excluding carboxylic acids is 5. The molecule has 6 N–H and O–H groups in total. The summed E-state index contributed by atoms with van der Waals surface area (Å²) in [7, 11) is 0. The van der Waals surface area contributed by atoms with E-state index in [-0.39, 0.29) is 36.2 Å². The molecule has 0 unspecified atom stereocenters. The second-order valence-electron chi connectivity index (χ2n) is 14.5. The minimum absolute atomic E-state index is 0.0152. The number of carbonyl (C=O) groups is 5. The van der Waals surface area contributed by atoms with Gasteiger partial charge in [-0.15, -0.1) is 11.3 Å². The van der Waals surface area contributed by atoms with Gasteiger partial charge in [0, 0.05) is 25.0 Å². The van der Waals surface area contributed by atoms with E-state index in [0.717, 1.165) is 11.3 Å². The first-order valence-electron chi connectivity index (χ1n) is 15.3. The Morgan fingerprint density at radius 1 is 0.938 bits per heavy atom. The van der Waals surface area contributed by atoms with Crippen molar-refractivity contribution in [2.45, 2.75) is 117 Å². The molecule has 1 fully saturated rings. The number of hydrogen-bond donors (Lipinski definition) is 6. The topological polar surface area (TPSA) is 228 Å². The highest BCUT2D eigenvalue weighted by molar-refractivity contribution is 7.14. The van der Waals surface area contributed by atoms with Gasteiger partial charge in [0.2, 0.25) is 11.5 Å². The summed E-state index contributed by atoms with van der Waals surface area (Å²) in [6.07, 6.45) is -2.39. The number of aliphatic hydroxyl groups is 1. The molecule has 270 valence electrons. The van der Waals surface area contributed by atoms with Gasteiger partial charge in [0.25, 0.3) is 5.91 Å². The van der Waals surface area contributed by atoms with Crippen LogP contribution in [-0.2, 0) is 33.4 Å². The predicted molar refractivity (Wildman–Crippen MR) is 176 cm³/mol. The largest absolute Gasteiger partial charge is 0.457 e. The number of nitrogens with one attached hydrogen (secondary N) is 5. The third kappa shape index (κ3) is 14.0. The number of hydrogen-bond acceptors (Lipinski definition) is 14. The van der Waals surface area contributed by atoms with Gasteiger partial charge >= 0.3 is 18.2 Å². The van der Waals surface area contributed by atoms with Gasteiger partial charge in [-0.05, 0) is 76.2 Å². The van der Waals surface area contributed by atoms with Crippen molar-refractivity contribution < 1.29 is 48.1 Å². The van der Waals surface area contributed by atoms with Crippen molar-refractivity contribution >= 4 is 52.2 Å². The van der Waals surface area contributed by atoms with Crippen LogP contribution in [0.3, 0.4) is 0 Å². The molecular formula is C30H49N7O10S. The summed E-state index contributed by atoms with van der Waals surface area (Å²) in [5.74, 6) is -2.06. The van der Waals surface area contributed by atoms with Crippen LogP contribution >= 0.6 is 11.3 Å². The Morgan fingerprint density at radius 2 is 1.52 bits per heavy atom. The standard InChI is InChI=1S/C30H49N7O10S/c1-27(2,3)44-23(41)30(10,11)47-37-20(18-15-48-24(34-18)36-26(43)46-29(7,8)9)22(40)35-19-17(33-21(19)39)14-31-12-16(38)13-32-25(42)45-28(4,5)6/h15-17,19,31,38H,12-14H2,1-11H3,(H,32,42)(H,33,39)(H,35,40)(H,34,36,43)/b37-20+/t16-,17-,19+/m1/s1. The number of thiazole rings is 1. The molecule has 0 saturated carbocycles. The van der Waals surface area contributed by atoms with E-state index >= 15 is 0 Å². The van der Waals surface area contributed by atoms with Crippen molar-refractivity contribution in [3.05, 3.63) is 11.1 Å².